The van der Waals surface area contributed by atoms with Gasteiger partial charge >= 0.3 is 5.97 Å². The third-order valence-corrected chi connectivity index (χ3v) is 5.73. The molecule has 2 N–H and O–H groups in total. The van der Waals surface area contributed by atoms with Gasteiger partial charge in [0.25, 0.3) is 0 Å². The molecule has 1 fully saturated rings. The van der Waals surface area contributed by atoms with Gasteiger partial charge in [0, 0.05) is 10.8 Å². The van der Waals surface area contributed by atoms with E-state index in [1.54, 1.807) is 30.3 Å². The summed E-state index contributed by atoms with van der Waals surface area (Å²) in [6.45, 7) is 0. The zero-order chi connectivity index (χ0) is 21.3. The minimum atomic E-state index is -1.00. The molecular formula is C21H19ClFN3O3S. The van der Waals surface area contributed by atoms with E-state index in [4.69, 9.17) is 26.6 Å². The molecule has 6 nitrogen and oxygen atoms in total. The van der Waals surface area contributed by atoms with Gasteiger partial charge in [-0.2, -0.15) is 4.98 Å². The van der Waals surface area contributed by atoms with Crippen LogP contribution in [-0.4, -0.2) is 22.2 Å². The summed E-state index contributed by atoms with van der Waals surface area (Å²) in [4.78, 5) is 17.1. The molecule has 0 spiro atoms. The lowest BCUT2D eigenvalue weighted by Gasteiger charge is -2.20. The van der Waals surface area contributed by atoms with Crippen LogP contribution in [0.15, 0.2) is 45.8 Å². The number of carbonyl (C=O) groups excluding carboxylic acids is 1. The van der Waals surface area contributed by atoms with Gasteiger partial charge in [0.15, 0.2) is 5.75 Å². The van der Waals surface area contributed by atoms with Crippen LogP contribution in [0.5, 0.6) is 5.75 Å². The SMILES string of the molecule is NC(Cc1ccc(-c2noc(C3CCC3)n2)c(F)c1)C(=O)Oc1c(S)cccc1Cl. The molecule has 1 heterocycles. The fourth-order valence-electron chi connectivity index (χ4n) is 3.14. The maximum absolute atomic E-state index is 14.6. The Morgan fingerprint density at radius 1 is 1.37 bits per heavy atom. The number of ether oxygens (including phenoxy) is 1. The number of halogens is 2. The predicted octanol–water partition coefficient (Wildman–Crippen LogP) is 4.56. The third-order valence-electron chi connectivity index (χ3n) is 5.08. The lowest BCUT2D eigenvalue weighted by Crippen LogP contribution is -2.36. The van der Waals surface area contributed by atoms with Gasteiger partial charge in [-0.3, -0.25) is 0 Å². The molecule has 1 saturated carbocycles. The van der Waals surface area contributed by atoms with E-state index in [1.165, 1.54) is 6.07 Å². The van der Waals surface area contributed by atoms with Crippen LogP contribution in [0.4, 0.5) is 4.39 Å². The van der Waals surface area contributed by atoms with Gasteiger partial charge in [-0.25, -0.2) is 9.18 Å². The van der Waals surface area contributed by atoms with Crippen molar-refractivity contribution in [3.8, 4) is 17.1 Å². The lowest BCUT2D eigenvalue weighted by molar-refractivity contribution is -0.136. The van der Waals surface area contributed by atoms with Crippen molar-refractivity contribution in [3.63, 3.8) is 0 Å². The van der Waals surface area contributed by atoms with E-state index >= 15 is 0 Å². The molecule has 0 amide bonds. The first-order valence-corrected chi connectivity index (χ1v) is 10.3. The Hall–Kier alpha value is -2.42. The number of hydrogen-bond acceptors (Lipinski definition) is 7. The van der Waals surface area contributed by atoms with Crippen molar-refractivity contribution in [2.45, 2.75) is 42.5 Å². The number of nitrogens with zero attached hydrogens (tertiary/aromatic N) is 2. The molecule has 156 valence electrons. The number of aromatic nitrogens is 2. The van der Waals surface area contributed by atoms with Crippen LogP contribution in [0.3, 0.4) is 0 Å². The first kappa shape index (κ1) is 20.8. The molecule has 9 heteroatoms. The molecule has 1 aromatic heterocycles. The van der Waals surface area contributed by atoms with E-state index in [-0.39, 0.29) is 34.5 Å². The first-order valence-electron chi connectivity index (χ1n) is 9.49. The van der Waals surface area contributed by atoms with E-state index in [9.17, 15) is 9.18 Å². The smallest absolute Gasteiger partial charge is 0.328 e. The second kappa shape index (κ2) is 8.75. The second-order valence-corrected chi connectivity index (χ2v) is 8.11. The van der Waals surface area contributed by atoms with Crippen molar-refractivity contribution < 1.29 is 18.4 Å². The topological polar surface area (TPSA) is 91.2 Å². The molecule has 0 radical (unpaired) electrons. The van der Waals surface area contributed by atoms with Crippen LogP contribution < -0.4 is 10.5 Å². The monoisotopic (exact) mass is 447 g/mol. The lowest BCUT2D eigenvalue weighted by atomic mass is 9.85. The third kappa shape index (κ3) is 4.35. The van der Waals surface area contributed by atoms with Crippen molar-refractivity contribution in [2.24, 2.45) is 5.73 Å². The molecule has 1 aliphatic rings. The number of hydrogen-bond donors (Lipinski definition) is 2. The summed E-state index contributed by atoms with van der Waals surface area (Å²) < 4.78 is 25.2. The molecule has 3 aromatic rings. The number of para-hydroxylation sites is 1. The fourth-order valence-corrected chi connectivity index (χ4v) is 3.68. The molecule has 1 atom stereocenters. The largest absolute Gasteiger partial charge is 0.423 e. The highest BCUT2D eigenvalue weighted by molar-refractivity contribution is 7.80. The maximum Gasteiger partial charge on any atom is 0.328 e. The number of benzene rings is 2. The van der Waals surface area contributed by atoms with E-state index in [0.29, 0.717) is 16.3 Å². The first-order chi connectivity index (χ1) is 14.4. The maximum atomic E-state index is 14.6. The number of rotatable bonds is 6. The predicted molar refractivity (Wildman–Crippen MR) is 112 cm³/mol. The standard InChI is InChI=1S/C21H19ClFN3O3S/c22-14-5-2-6-17(30)18(14)28-21(27)16(24)10-11-7-8-13(15(23)9-11)19-25-20(29-26-19)12-3-1-4-12/h2,5-9,12,16,30H,1,3-4,10,24H2. The van der Waals surface area contributed by atoms with Crippen molar-refractivity contribution in [1.29, 1.82) is 0 Å². The Balaban J connectivity index is 1.44. The van der Waals surface area contributed by atoms with Gasteiger partial charge in [-0.15, -0.1) is 12.6 Å². The number of thiol groups is 1. The molecule has 0 saturated heterocycles. The molecule has 1 unspecified atom stereocenters. The van der Waals surface area contributed by atoms with Crippen LogP contribution in [0, 0.1) is 5.82 Å². The molecular weight excluding hydrogens is 429 g/mol. The van der Waals surface area contributed by atoms with E-state index in [0.717, 1.165) is 19.3 Å². The Labute approximate surface area is 183 Å². The van der Waals surface area contributed by atoms with Crippen molar-refractivity contribution >= 4 is 30.2 Å². The van der Waals surface area contributed by atoms with Gasteiger partial charge in [-0.05, 0) is 49.1 Å². The molecule has 0 aliphatic heterocycles. The van der Waals surface area contributed by atoms with E-state index < -0.39 is 17.8 Å². The zero-order valence-corrected chi connectivity index (χ0v) is 17.5. The van der Waals surface area contributed by atoms with Crippen molar-refractivity contribution in [1.82, 2.24) is 10.1 Å². The van der Waals surface area contributed by atoms with Gasteiger partial charge < -0.3 is 15.0 Å². The van der Waals surface area contributed by atoms with Crippen LogP contribution >= 0.6 is 24.2 Å². The molecule has 4 rings (SSSR count). The zero-order valence-electron chi connectivity index (χ0n) is 15.8. The highest BCUT2D eigenvalue weighted by Gasteiger charge is 2.26. The minimum absolute atomic E-state index is 0.0853. The minimum Gasteiger partial charge on any atom is -0.423 e. The van der Waals surface area contributed by atoms with Crippen molar-refractivity contribution in [3.05, 3.63) is 58.7 Å². The highest BCUT2D eigenvalue weighted by atomic mass is 35.5. The van der Waals surface area contributed by atoms with Crippen LogP contribution in [-0.2, 0) is 11.2 Å². The normalized spacial score (nSPS) is 14.9. The highest BCUT2D eigenvalue weighted by Crippen LogP contribution is 2.36. The summed E-state index contributed by atoms with van der Waals surface area (Å²) in [5, 5.41) is 4.14. The molecule has 0 bridgehead atoms. The summed E-state index contributed by atoms with van der Waals surface area (Å²) in [6.07, 6.45) is 3.25. The fraction of sp³-hybridized carbons (Fsp3) is 0.286. The number of esters is 1. The van der Waals surface area contributed by atoms with Crippen LogP contribution in [0.1, 0.15) is 36.6 Å². The number of carbonyl (C=O) groups is 1. The Morgan fingerprint density at radius 3 is 2.83 bits per heavy atom. The number of nitrogens with two attached hydrogens (primary N) is 1. The van der Waals surface area contributed by atoms with Gasteiger partial charge in [-0.1, -0.05) is 35.3 Å². The summed E-state index contributed by atoms with van der Waals surface area (Å²) in [7, 11) is 0. The Bertz CT molecular complexity index is 1070. The molecule has 30 heavy (non-hydrogen) atoms. The van der Waals surface area contributed by atoms with Gasteiger partial charge in [0.2, 0.25) is 11.7 Å². The van der Waals surface area contributed by atoms with Gasteiger partial charge in [0.05, 0.1) is 10.6 Å². The average molecular weight is 448 g/mol. The van der Waals surface area contributed by atoms with Gasteiger partial charge in [0.1, 0.15) is 11.9 Å². The molecule has 1 aliphatic carbocycles. The summed E-state index contributed by atoms with van der Waals surface area (Å²) >= 11 is 10.3. The molecule has 2 aromatic carbocycles. The quantitative estimate of drug-likeness (QED) is 0.327. The van der Waals surface area contributed by atoms with E-state index in [1.807, 2.05) is 0 Å². The Morgan fingerprint density at radius 2 is 2.17 bits per heavy atom. The Kier molecular flexibility index (Phi) is 6.08. The summed E-state index contributed by atoms with van der Waals surface area (Å²) in [5.41, 5.74) is 6.72. The second-order valence-electron chi connectivity index (χ2n) is 7.22. The van der Waals surface area contributed by atoms with Crippen LogP contribution in [0.25, 0.3) is 11.4 Å². The summed E-state index contributed by atoms with van der Waals surface area (Å²) in [6, 6.07) is 8.44. The summed E-state index contributed by atoms with van der Waals surface area (Å²) in [5.74, 6) is -0.0291. The van der Waals surface area contributed by atoms with Crippen LogP contribution in [0.2, 0.25) is 5.02 Å². The average Bonchev–Trinajstić information content (AvgIpc) is 3.12. The van der Waals surface area contributed by atoms with Crippen molar-refractivity contribution in [2.75, 3.05) is 0 Å². The van der Waals surface area contributed by atoms with E-state index in [2.05, 4.69) is 22.8 Å².